The zero-order valence-corrected chi connectivity index (χ0v) is 9.39. The summed E-state index contributed by atoms with van der Waals surface area (Å²) >= 11 is 0. The third kappa shape index (κ3) is 2.43. The second-order valence-electron chi connectivity index (χ2n) is 4.58. The maximum Gasteiger partial charge on any atom is 0.0991 e. The van der Waals surface area contributed by atoms with Gasteiger partial charge in [0.15, 0.2) is 0 Å². The summed E-state index contributed by atoms with van der Waals surface area (Å²) in [5.74, 6) is 0.404. The van der Waals surface area contributed by atoms with Crippen molar-refractivity contribution in [2.45, 2.75) is 38.2 Å². The standard InChI is InChI=1S/C14H17NO/c15-10-11-6-8-13(9-7-11)14(16)12-4-2-1-3-5-12/h6-9,12,14,16H,1-5H2/t14-/m0/s1. The highest BCUT2D eigenvalue weighted by atomic mass is 16.3. The fraction of sp³-hybridized carbons (Fsp3) is 0.500. The summed E-state index contributed by atoms with van der Waals surface area (Å²) in [4.78, 5) is 0. The van der Waals surface area contributed by atoms with Crippen LogP contribution in [-0.4, -0.2) is 5.11 Å². The van der Waals surface area contributed by atoms with Gasteiger partial charge in [-0.25, -0.2) is 0 Å². The van der Waals surface area contributed by atoms with Crippen molar-refractivity contribution < 1.29 is 5.11 Å². The van der Waals surface area contributed by atoms with Gasteiger partial charge in [-0.3, -0.25) is 0 Å². The van der Waals surface area contributed by atoms with E-state index in [-0.39, 0.29) is 6.10 Å². The van der Waals surface area contributed by atoms with E-state index in [4.69, 9.17) is 5.26 Å². The number of aliphatic hydroxyl groups is 1. The maximum atomic E-state index is 10.2. The average Bonchev–Trinajstić information content (AvgIpc) is 2.39. The van der Waals surface area contributed by atoms with E-state index in [0.717, 1.165) is 18.4 Å². The van der Waals surface area contributed by atoms with Crippen molar-refractivity contribution in [2.24, 2.45) is 5.92 Å². The van der Waals surface area contributed by atoms with Gasteiger partial charge in [-0.05, 0) is 36.5 Å². The quantitative estimate of drug-likeness (QED) is 0.823. The Hall–Kier alpha value is -1.33. The molecular weight excluding hydrogens is 198 g/mol. The number of hydrogen-bond acceptors (Lipinski definition) is 2. The SMILES string of the molecule is N#Cc1ccc([C@@H](O)C2CCCCC2)cc1. The Morgan fingerprint density at radius 1 is 1.12 bits per heavy atom. The van der Waals surface area contributed by atoms with Gasteiger partial charge in [0, 0.05) is 0 Å². The lowest BCUT2D eigenvalue weighted by Crippen LogP contribution is -2.15. The molecule has 0 amide bonds. The van der Waals surface area contributed by atoms with Crippen molar-refractivity contribution in [3.63, 3.8) is 0 Å². The molecule has 84 valence electrons. The molecule has 0 saturated heterocycles. The van der Waals surface area contributed by atoms with Crippen molar-refractivity contribution >= 4 is 0 Å². The predicted octanol–water partition coefficient (Wildman–Crippen LogP) is 3.17. The van der Waals surface area contributed by atoms with Crippen LogP contribution in [0.3, 0.4) is 0 Å². The highest BCUT2D eigenvalue weighted by molar-refractivity contribution is 5.32. The van der Waals surface area contributed by atoms with Crippen LogP contribution in [0.25, 0.3) is 0 Å². The average molecular weight is 215 g/mol. The molecule has 2 heteroatoms. The van der Waals surface area contributed by atoms with Gasteiger partial charge < -0.3 is 5.11 Å². The first-order valence-electron chi connectivity index (χ1n) is 5.99. The molecule has 1 aromatic carbocycles. The Balaban J connectivity index is 2.07. The van der Waals surface area contributed by atoms with Gasteiger partial charge in [-0.15, -0.1) is 0 Å². The number of nitrogens with zero attached hydrogens (tertiary/aromatic N) is 1. The Morgan fingerprint density at radius 3 is 2.31 bits per heavy atom. The number of benzene rings is 1. The summed E-state index contributed by atoms with van der Waals surface area (Å²) in [5.41, 5.74) is 1.60. The summed E-state index contributed by atoms with van der Waals surface area (Å²) in [6, 6.07) is 9.39. The van der Waals surface area contributed by atoms with E-state index >= 15 is 0 Å². The number of rotatable bonds is 2. The molecule has 0 bridgehead atoms. The fourth-order valence-corrected chi connectivity index (χ4v) is 2.48. The molecule has 2 nitrogen and oxygen atoms in total. The van der Waals surface area contributed by atoms with E-state index in [1.807, 2.05) is 12.1 Å². The molecule has 1 aromatic rings. The lowest BCUT2D eigenvalue weighted by Gasteiger charge is -2.26. The zero-order chi connectivity index (χ0) is 11.4. The van der Waals surface area contributed by atoms with Crippen LogP contribution in [0.5, 0.6) is 0 Å². The molecule has 1 saturated carbocycles. The first-order chi connectivity index (χ1) is 7.81. The van der Waals surface area contributed by atoms with Crippen molar-refractivity contribution in [3.05, 3.63) is 35.4 Å². The minimum absolute atomic E-state index is 0.354. The van der Waals surface area contributed by atoms with Crippen LogP contribution in [0.15, 0.2) is 24.3 Å². The maximum absolute atomic E-state index is 10.2. The third-order valence-electron chi connectivity index (χ3n) is 3.48. The van der Waals surface area contributed by atoms with Crippen LogP contribution >= 0.6 is 0 Å². The topological polar surface area (TPSA) is 44.0 Å². The Labute approximate surface area is 96.5 Å². The van der Waals surface area contributed by atoms with Crippen LogP contribution in [0.4, 0.5) is 0 Å². The third-order valence-corrected chi connectivity index (χ3v) is 3.48. The largest absolute Gasteiger partial charge is 0.388 e. The highest BCUT2D eigenvalue weighted by Gasteiger charge is 2.22. The normalized spacial score (nSPS) is 19.0. The monoisotopic (exact) mass is 215 g/mol. The van der Waals surface area contributed by atoms with Gasteiger partial charge in [0.2, 0.25) is 0 Å². The van der Waals surface area contributed by atoms with Crippen LogP contribution in [0, 0.1) is 17.2 Å². The molecule has 0 unspecified atom stereocenters. The van der Waals surface area contributed by atoms with E-state index in [9.17, 15) is 5.11 Å². The second kappa shape index (κ2) is 5.14. The van der Waals surface area contributed by atoms with E-state index in [2.05, 4.69) is 6.07 Å². The summed E-state index contributed by atoms with van der Waals surface area (Å²) in [5, 5.41) is 18.9. The van der Waals surface area contributed by atoms with Gasteiger partial charge in [0.05, 0.1) is 17.7 Å². The van der Waals surface area contributed by atoms with Gasteiger partial charge in [0.1, 0.15) is 0 Å². The number of nitriles is 1. The Bertz CT molecular complexity index is 371. The lowest BCUT2D eigenvalue weighted by atomic mass is 9.83. The van der Waals surface area contributed by atoms with E-state index in [1.165, 1.54) is 19.3 Å². The molecule has 1 N–H and O–H groups in total. The van der Waals surface area contributed by atoms with Gasteiger partial charge >= 0.3 is 0 Å². The summed E-state index contributed by atoms with van der Waals surface area (Å²) in [6.07, 6.45) is 5.67. The first kappa shape index (κ1) is 11.2. The zero-order valence-electron chi connectivity index (χ0n) is 9.39. The molecule has 16 heavy (non-hydrogen) atoms. The molecule has 0 heterocycles. The molecule has 0 aliphatic heterocycles. The van der Waals surface area contributed by atoms with Gasteiger partial charge in [-0.1, -0.05) is 31.4 Å². The molecule has 0 radical (unpaired) electrons. The fourth-order valence-electron chi connectivity index (χ4n) is 2.48. The van der Waals surface area contributed by atoms with E-state index in [0.29, 0.717) is 11.5 Å². The van der Waals surface area contributed by atoms with Crippen LogP contribution in [0.1, 0.15) is 49.3 Å². The van der Waals surface area contributed by atoms with Crippen molar-refractivity contribution in [1.82, 2.24) is 0 Å². The lowest BCUT2D eigenvalue weighted by molar-refractivity contribution is 0.0848. The smallest absolute Gasteiger partial charge is 0.0991 e. The minimum Gasteiger partial charge on any atom is -0.388 e. The van der Waals surface area contributed by atoms with Gasteiger partial charge in [0.25, 0.3) is 0 Å². The molecular formula is C14H17NO. The Morgan fingerprint density at radius 2 is 1.75 bits per heavy atom. The summed E-state index contributed by atoms with van der Waals surface area (Å²) in [6.45, 7) is 0. The predicted molar refractivity (Wildman–Crippen MR) is 62.7 cm³/mol. The van der Waals surface area contributed by atoms with Crippen molar-refractivity contribution in [2.75, 3.05) is 0 Å². The van der Waals surface area contributed by atoms with Crippen LogP contribution in [-0.2, 0) is 0 Å². The van der Waals surface area contributed by atoms with Crippen LogP contribution < -0.4 is 0 Å². The van der Waals surface area contributed by atoms with Crippen molar-refractivity contribution in [1.29, 1.82) is 5.26 Å². The van der Waals surface area contributed by atoms with Crippen molar-refractivity contribution in [3.8, 4) is 6.07 Å². The first-order valence-corrected chi connectivity index (χ1v) is 5.99. The van der Waals surface area contributed by atoms with E-state index < -0.39 is 0 Å². The van der Waals surface area contributed by atoms with E-state index in [1.54, 1.807) is 12.1 Å². The molecule has 2 rings (SSSR count). The minimum atomic E-state index is -0.354. The molecule has 0 spiro atoms. The number of hydrogen-bond donors (Lipinski definition) is 1. The molecule has 1 atom stereocenters. The van der Waals surface area contributed by atoms with Crippen LogP contribution in [0.2, 0.25) is 0 Å². The number of aliphatic hydroxyl groups excluding tert-OH is 1. The highest BCUT2D eigenvalue weighted by Crippen LogP contribution is 2.34. The summed E-state index contributed by atoms with van der Waals surface area (Å²) < 4.78 is 0. The molecule has 1 aliphatic rings. The Kier molecular flexibility index (Phi) is 3.58. The second-order valence-corrected chi connectivity index (χ2v) is 4.58. The van der Waals surface area contributed by atoms with Gasteiger partial charge in [-0.2, -0.15) is 5.26 Å². The molecule has 0 aromatic heterocycles. The molecule has 1 aliphatic carbocycles. The molecule has 1 fully saturated rings. The summed E-state index contributed by atoms with van der Waals surface area (Å²) in [7, 11) is 0.